The zero-order valence-corrected chi connectivity index (χ0v) is 23.7. The lowest BCUT2D eigenvalue weighted by Gasteiger charge is -2.33. The number of sulfonamides is 1. The summed E-state index contributed by atoms with van der Waals surface area (Å²) in [6, 6.07) is 11.6. The van der Waals surface area contributed by atoms with E-state index in [0.29, 0.717) is 5.75 Å². The van der Waals surface area contributed by atoms with E-state index >= 15 is 0 Å². The van der Waals surface area contributed by atoms with Gasteiger partial charge in [0.05, 0.1) is 26.2 Å². The summed E-state index contributed by atoms with van der Waals surface area (Å²) in [6.45, 7) is 3.28. The summed E-state index contributed by atoms with van der Waals surface area (Å²) in [4.78, 5) is 28.6. The molecular weight excluding hydrogens is 506 g/mol. The van der Waals surface area contributed by atoms with Gasteiger partial charge in [-0.05, 0) is 49.9 Å². The lowest BCUT2D eigenvalue weighted by Crippen LogP contribution is -2.53. The summed E-state index contributed by atoms with van der Waals surface area (Å²) in [7, 11) is -1.01. The van der Waals surface area contributed by atoms with Gasteiger partial charge in [0.1, 0.15) is 24.1 Å². The Morgan fingerprint density at radius 3 is 2.34 bits per heavy atom. The second-order valence-corrected chi connectivity index (χ2v) is 11.7. The van der Waals surface area contributed by atoms with E-state index in [1.165, 1.54) is 25.2 Å². The molecule has 1 aliphatic rings. The zero-order valence-electron chi connectivity index (χ0n) is 22.9. The molecule has 10 heteroatoms. The smallest absolute Gasteiger partial charge is 0.244 e. The maximum atomic E-state index is 13.8. The van der Waals surface area contributed by atoms with Crippen molar-refractivity contribution in [3.63, 3.8) is 0 Å². The number of rotatable bonds is 11. The molecule has 0 unspecified atom stereocenters. The highest BCUT2D eigenvalue weighted by Gasteiger charge is 2.32. The Morgan fingerprint density at radius 2 is 1.74 bits per heavy atom. The summed E-state index contributed by atoms with van der Waals surface area (Å²) in [5, 5.41) is 3.10. The number of benzene rings is 2. The maximum Gasteiger partial charge on any atom is 0.244 e. The summed E-state index contributed by atoms with van der Waals surface area (Å²) in [6.07, 6.45) is 6.16. The van der Waals surface area contributed by atoms with Gasteiger partial charge in [-0.15, -0.1) is 0 Å². The lowest BCUT2D eigenvalue weighted by atomic mass is 9.95. The first kappa shape index (κ1) is 29.3. The van der Waals surface area contributed by atoms with Crippen molar-refractivity contribution in [2.75, 3.05) is 31.3 Å². The Bertz CT molecular complexity index is 1230. The fourth-order valence-electron chi connectivity index (χ4n) is 4.71. The fourth-order valence-corrected chi connectivity index (χ4v) is 5.55. The Balaban J connectivity index is 1.94. The van der Waals surface area contributed by atoms with E-state index in [9.17, 15) is 18.0 Å². The van der Waals surface area contributed by atoms with Crippen LogP contribution in [0.25, 0.3) is 0 Å². The number of ether oxygens (including phenoxy) is 2. The van der Waals surface area contributed by atoms with Crippen molar-refractivity contribution < 1.29 is 27.5 Å². The van der Waals surface area contributed by atoms with Gasteiger partial charge < -0.3 is 19.7 Å². The second kappa shape index (κ2) is 13.0. The number of aryl methyl sites for hydroxylation is 1. The van der Waals surface area contributed by atoms with Crippen molar-refractivity contribution in [1.82, 2.24) is 10.2 Å². The monoisotopic (exact) mass is 545 g/mol. The predicted molar refractivity (Wildman–Crippen MR) is 148 cm³/mol. The van der Waals surface area contributed by atoms with Gasteiger partial charge in [0.2, 0.25) is 21.8 Å². The molecule has 0 aromatic heterocycles. The van der Waals surface area contributed by atoms with Crippen LogP contribution in [0, 0.1) is 6.92 Å². The molecule has 0 radical (unpaired) electrons. The van der Waals surface area contributed by atoms with Crippen LogP contribution in [-0.4, -0.2) is 64.2 Å². The molecule has 0 bridgehead atoms. The zero-order chi connectivity index (χ0) is 27.9. The summed E-state index contributed by atoms with van der Waals surface area (Å²) >= 11 is 0. The molecule has 0 heterocycles. The van der Waals surface area contributed by atoms with Gasteiger partial charge in [0.25, 0.3) is 0 Å². The highest BCUT2D eigenvalue weighted by atomic mass is 32.2. The van der Waals surface area contributed by atoms with Gasteiger partial charge in [-0.3, -0.25) is 13.9 Å². The summed E-state index contributed by atoms with van der Waals surface area (Å²) in [5.74, 6) is -0.0602. The number of carbonyl (C=O) groups excluding carboxylic acids is 2. The third-order valence-corrected chi connectivity index (χ3v) is 8.18. The molecule has 0 aliphatic heterocycles. The van der Waals surface area contributed by atoms with Crippen LogP contribution in [0.5, 0.6) is 11.5 Å². The molecule has 38 heavy (non-hydrogen) atoms. The van der Waals surface area contributed by atoms with Gasteiger partial charge in [0, 0.05) is 18.7 Å². The Morgan fingerprint density at radius 1 is 1.05 bits per heavy atom. The molecule has 208 valence electrons. The number of nitrogens with one attached hydrogen (secondary N) is 1. The van der Waals surface area contributed by atoms with Crippen LogP contribution in [-0.2, 0) is 26.2 Å². The van der Waals surface area contributed by atoms with Crippen molar-refractivity contribution in [3.05, 3.63) is 53.6 Å². The predicted octanol–water partition coefficient (Wildman–Crippen LogP) is 3.64. The maximum absolute atomic E-state index is 13.8. The van der Waals surface area contributed by atoms with Gasteiger partial charge in [0.15, 0.2) is 0 Å². The van der Waals surface area contributed by atoms with Crippen LogP contribution < -0.4 is 19.1 Å². The Hall–Kier alpha value is -3.27. The molecule has 0 spiro atoms. The van der Waals surface area contributed by atoms with E-state index in [-0.39, 0.29) is 29.9 Å². The number of methoxy groups -OCH3 is 2. The first-order valence-electron chi connectivity index (χ1n) is 12.9. The molecule has 2 aromatic carbocycles. The van der Waals surface area contributed by atoms with Crippen LogP contribution in [0.3, 0.4) is 0 Å². The molecule has 3 rings (SSSR count). The summed E-state index contributed by atoms with van der Waals surface area (Å²) in [5.41, 5.74) is 2.03. The van der Waals surface area contributed by atoms with E-state index < -0.39 is 28.5 Å². The number of anilines is 1. The lowest BCUT2D eigenvalue weighted by molar-refractivity contribution is -0.139. The van der Waals surface area contributed by atoms with Crippen LogP contribution in [0.1, 0.15) is 50.2 Å². The average molecular weight is 546 g/mol. The van der Waals surface area contributed by atoms with Crippen LogP contribution >= 0.6 is 0 Å². The first-order valence-corrected chi connectivity index (χ1v) is 14.7. The standard InChI is InChI=1S/C28H39N3O6S/c1-20-11-9-10-12-22(20)18-30(21(2)28(33)29-23-13-7-6-8-14-23)27(32)19-31(38(5,34)35)25-17-24(36-3)15-16-26(25)37-4/h9-12,15-17,21,23H,6-8,13-14,18-19H2,1-5H3,(H,29,33)/t21-/m0/s1. The van der Waals surface area contributed by atoms with E-state index in [1.807, 2.05) is 31.2 Å². The molecule has 9 nitrogen and oxygen atoms in total. The van der Waals surface area contributed by atoms with E-state index in [4.69, 9.17) is 9.47 Å². The highest BCUT2D eigenvalue weighted by Crippen LogP contribution is 2.34. The third-order valence-electron chi connectivity index (χ3n) is 7.05. The van der Waals surface area contributed by atoms with Crippen molar-refractivity contribution in [3.8, 4) is 11.5 Å². The largest absolute Gasteiger partial charge is 0.497 e. The SMILES string of the molecule is COc1ccc(OC)c(N(CC(=O)N(Cc2ccccc2C)[C@@H](C)C(=O)NC2CCCCC2)S(C)(=O)=O)c1. The van der Waals surface area contributed by atoms with Crippen molar-refractivity contribution in [2.24, 2.45) is 0 Å². The second-order valence-electron chi connectivity index (χ2n) is 9.78. The quantitative estimate of drug-likeness (QED) is 0.462. The van der Waals surface area contributed by atoms with Gasteiger partial charge >= 0.3 is 0 Å². The molecule has 1 atom stereocenters. The number of hydrogen-bond acceptors (Lipinski definition) is 6. The van der Waals surface area contributed by atoms with Gasteiger partial charge in [-0.1, -0.05) is 43.5 Å². The minimum Gasteiger partial charge on any atom is -0.497 e. The van der Waals surface area contributed by atoms with E-state index in [2.05, 4.69) is 5.32 Å². The molecule has 1 aliphatic carbocycles. The summed E-state index contributed by atoms with van der Waals surface area (Å²) < 4.78 is 37.5. The van der Waals surface area contributed by atoms with Crippen molar-refractivity contribution >= 4 is 27.5 Å². The van der Waals surface area contributed by atoms with Crippen molar-refractivity contribution in [1.29, 1.82) is 0 Å². The number of amides is 2. The number of carbonyl (C=O) groups is 2. The van der Waals surface area contributed by atoms with Crippen LogP contribution in [0.15, 0.2) is 42.5 Å². The number of hydrogen-bond donors (Lipinski definition) is 1. The molecular formula is C28H39N3O6S. The minimum absolute atomic E-state index is 0.0858. The van der Waals surface area contributed by atoms with Crippen molar-refractivity contribution in [2.45, 2.75) is 64.6 Å². The minimum atomic E-state index is -3.90. The first-order chi connectivity index (χ1) is 18.0. The molecule has 0 saturated heterocycles. The molecule has 2 aromatic rings. The Labute approximate surface area is 226 Å². The third kappa shape index (κ3) is 7.40. The fraction of sp³-hybridized carbons (Fsp3) is 0.500. The van der Waals surface area contributed by atoms with E-state index in [0.717, 1.165) is 53.8 Å². The van der Waals surface area contributed by atoms with Crippen LogP contribution in [0.4, 0.5) is 5.69 Å². The Kier molecular flexibility index (Phi) is 10.0. The molecule has 1 fully saturated rings. The van der Waals surface area contributed by atoms with Gasteiger partial charge in [-0.25, -0.2) is 8.42 Å². The highest BCUT2D eigenvalue weighted by molar-refractivity contribution is 7.92. The molecule has 1 N–H and O–H groups in total. The normalized spacial score (nSPS) is 14.9. The van der Waals surface area contributed by atoms with Crippen LogP contribution in [0.2, 0.25) is 0 Å². The molecule has 2 amide bonds. The van der Waals surface area contributed by atoms with E-state index in [1.54, 1.807) is 19.1 Å². The number of nitrogens with zero attached hydrogens (tertiary/aromatic N) is 2. The average Bonchev–Trinajstić information content (AvgIpc) is 2.90. The van der Waals surface area contributed by atoms with Gasteiger partial charge in [-0.2, -0.15) is 0 Å². The molecule has 1 saturated carbocycles. The topological polar surface area (TPSA) is 105 Å².